The molecule has 1 aromatic heterocycles. The molecule has 2 rings (SSSR count). The number of nitrogens with zero attached hydrogens (tertiary/aromatic N) is 4. The number of carbonyl (C=O) groups excluding carboxylic acids is 1. The van der Waals surface area contributed by atoms with Gasteiger partial charge >= 0.3 is 0 Å². The molecule has 0 spiro atoms. The lowest BCUT2D eigenvalue weighted by molar-refractivity contribution is -0.131. The van der Waals surface area contributed by atoms with Crippen molar-refractivity contribution in [1.82, 2.24) is 14.9 Å². The topological polar surface area (TPSA) is 49.3 Å². The minimum absolute atomic E-state index is 0.317. The Morgan fingerprint density at radius 3 is 2.40 bits per heavy atom. The number of hydrogen-bond donors (Lipinski definition) is 0. The molecule has 5 heteroatoms. The van der Waals surface area contributed by atoms with E-state index in [9.17, 15) is 4.79 Å². The van der Waals surface area contributed by atoms with Crippen molar-refractivity contribution < 1.29 is 4.79 Å². The summed E-state index contributed by atoms with van der Waals surface area (Å²) in [6, 6.07) is 2.05. The standard InChI is InChI=1S/C20H34N4O/c1-5-6-7-8-9-10-19(25)24-13-11-23(12-14-24)18-15-17(4)21-20(22-18)16(2)3/h15-16H,5-14H2,1-4H3. The van der Waals surface area contributed by atoms with Crippen molar-refractivity contribution in [2.45, 2.75) is 72.1 Å². The third kappa shape index (κ3) is 5.98. The third-order valence-electron chi connectivity index (χ3n) is 4.82. The second kappa shape index (κ2) is 9.73. The molecule has 25 heavy (non-hydrogen) atoms. The van der Waals surface area contributed by atoms with Crippen LogP contribution in [0.15, 0.2) is 6.07 Å². The summed E-state index contributed by atoms with van der Waals surface area (Å²) in [6.07, 6.45) is 6.69. The molecule has 0 atom stereocenters. The SMILES string of the molecule is CCCCCCCC(=O)N1CCN(c2cc(C)nc(C(C)C)n2)CC1. The minimum atomic E-state index is 0.317. The average Bonchev–Trinajstić information content (AvgIpc) is 2.61. The zero-order chi connectivity index (χ0) is 18.2. The number of aromatic nitrogens is 2. The molecule has 2 heterocycles. The Bertz CT molecular complexity index is 551. The normalized spacial score (nSPS) is 15.1. The van der Waals surface area contributed by atoms with E-state index < -0.39 is 0 Å². The van der Waals surface area contributed by atoms with Crippen LogP contribution in [0.1, 0.15) is 76.7 Å². The van der Waals surface area contributed by atoms with Crippen molar-refractivity contribution in [3.8, 4) is 0 Å². The van der Waals surface area contributed by atoms with E-state index in [1.807, 2.05) is 11.8 Å². The molecule has 0 N–H and O–H groups in total. The highest BCUT2D eigenvalue weighted by Crippen LogP contribution is 2.19. The van der Waals surface area contributed by atoms with Crippen LogP contribution >= 0.6 is 0 Å². The Morgan fingerprint density at radius 1 is 1.08 bits per heavy atom. The quantitative estimate of drug-likeness (QED) is 0.670. The first kappa shape index (κ1) is 19.7. The maximum atomic E-state index is 12.4. The fourth-order valence-electron chi connectivity index (χ4n) is 3.22. The van der Waals surface area contributed by atoms with Gasteiger partial charge in [0.2, 0.25) is 5.91 Å². The zero-order valence-electron chi connectivity index (χ0n) is 16.4. The summed E-state index contributed by atoms with van der Waals surface area (Å²) in [5.74, 6) is 2.55. The fourth-order valence-corrected chi connectivity index (χ4v) is 3.22. The molecule has 1 amide bonds. The molecule has 1 aromatic rings. The van der Waals surface area contributed by atoms with Crippen LogP contribution in [-0.4, -0.2) is 47.0 Å². The molecule has 1 aliphatic heterocycles. The summed E-state index contributed by atoms with van der Waals surface area (Å²) >= 11 is 0. The largest absolute Gasteiger partial charge is 0.353 e. The van der Waals surface area contributed by atoms with E-state index >= 15 is 0 Å². The Labute approximate surface area is 152 Å². The number of amides is 1. The van der Waals surface area contributed by atoms with E-state index in [0.717, 1.165) is 49.9 Å². The van der Waals surface area contributed by atoms with Crippen LogP contribution in [0, 0.1) is 6.92 Å². The second-order valence-electron chi connectivity index (χ2n) is 7.41. The molecule has 0 saturated carbocycles. The van der Waals surface area contributed by atoms with Crippen molar-refractivity contribution in [2.75, 3.05) is 31.1 Å². The first-order valence-electron chi connectivity index (χ1n) is 9.89. The second-order valence-corrected chi connectivity index (χ2v) is 7.41. The smallest absolute Gasteiger partial charge is 0.222 e. The number of unbranched alkanes of at least 4 members (excludes halogenated alkanes) is 4. The van der Waals surface area contributed by atoms with Gasteiger partial charge in [0.05, 0.1) is 0 Å². The molecule has 5 nitrogen and oxygen atoms in total. The maximum absolute atomic E-state index is 12.4. The Morgan fingerprint density at radius 2 is 1.76 bits per heavy atom. The summed E-state index contributed by atoms with van der Waals surface area (Å²) in [4.78, 5) is 25.9. The summed E-state index contributed by atoms with van der Waals surface area (Å²) in [7, 11) is 0. The summed E-state index contributed by atoms with van der Waals surface area (Å²) in [5, 5.41) is 0. The van der Waals surface area contributed by atoms with E-state index in [-0.39, 0.29) is 0 Å². The van der Waals surface area contributed by atoms with E-state index in [1.54, 1.807) is 0 Å². The van der Waals surface area contributed by atoms with Crippen LogP contribution in [0.4, 0.5) is 5.82 Å². The lowest BCUT2D eigenvalue weighted by atomic mass is 10.1. The van der Waals surface area contributed by atoms with Gasteiger partial charge < -0.3 is 9.80 Å². The van der Waals surface area contributed by atoms with Gasteiger partial charge in [-0.3, -0.25) is 4.79 Å². The predicted molar refractivity (Wildman–Crippen MR) is 103 cm³/mol. The molecular weight excluding hydrogens is 312 g/mol. The summed E-state index contributed by atoms with van der Waals surface area (Å²) < 4.78 is 0. The zero-order valence-corrected chi connectivity index (χ0v) is 16.4. The highest BCUT2D eigenvalue weighted by Gasteiger charge is 2.22. The monoisotopic (exact) mass is 346 g/mol. The van der Waals surface area contributed by atoms with Crippen LogP contribution in [0.3, 0.4) is 0 Å². The first-order valence-corrected chi connectivity index (χ1v) is 9.89. The van der Waals surface area contributed by atoms with Crippen molar-refractivity contribution >= 4 is 11.7 Å². The lowest BCUT2D eigenvalue weighted by Gasteiger charge is -2.35. The highest BCUT2D eigenvalue weighted by molar-refractivity contribution is 5.76. The maximum Gasteiger partial charge on any atom is 0.222 e. The first-order chi connectivity index (χ1) is 12.0. The van der Waals surface area contributed by atoms with Crippen LogP contribution in [-0.2, 0) is 4.79 Å². The number of carbonyl (C=O) groups is 1. The predicted octanol–water partition coefficient (Wildman–Crippen LogP) is 3.92. The van der Waals surface area contributed by atoms with Crippen molar-refractivity contribution in [1.29, 1.82) is 0 Å². The van der Waals surface area contributed by atoms with Gasteiger partial charge in [0.25, 0.3) is 0 Å². The van der Waals surface area contributed by atoms with Gasteiger partial charge in [-0.2, -0.15) is 0 Å². The highest BCUT2D eigenvalue weighted by atomic mass is 16.2. The van der Waals surface area contributed by atoms with Gasteiger partial charge in [-0.25, -0.2) is 9.97 Å². The number of rotatable bonds is 8. The Hall–Kier alpha value is -1.65. The van der Waals surface area contributed by atoms with Gasteiger partial charge in [0, 0.05) is 50.3 Å². The van der Waals surface area contributed by atoms with Crippen LogP contribution in [0.25, 0.3) is 0 Å². The average molecular weight is 347 g/mol. The molecular formula is C20H34N4O. The van der Waals surface area contributed by atoms with Gasteiger partial charge in [-0.05, 0) is 13.3 Å². The summed E-state index contributed by atoms with van der Waals surface area (Å²) in [5.41, 5.74) is 1.01. The minimum Gasteiger partial charge on any atom is -0.353 e. The van der Waals surface area contributed by atoms with Crippen molar-refractivity contribution in [2.24, 2.45) is 0 Å². The molecule has 1 fully saturated rings. The van der Waals surface area contributed by atoms with Gasteiger partial charge in [-0.15, -0.1) is 0 Å². The molecule has 1 saturated heterocycles. The molecule has 1 aliphatic rings. The lowest BCUT2D eigenvalue weighted by Crippen LogP contribution is -2.49. The summed E-state index contributed by atoms with van der Waals surface area (Å²) in [6.45, 7) is 11.8. The van der Waals surface area contributed by atoms with E-state index in [1.165, 1.54) is 25.7 Å². The molecule has 0 bridgehead atoms. The molecule has 0 aromatic carbocycles. The number of hydrogen-bond acceptors (Lipinski definition) is 4. The Balaban J connectivity index is 1.82. The molecule has 0 aliphatic carbocycles. The van der Waals surface area contributed by atoms with Gasteiger partial charge in [-0.1, -0.05) is 46.5 Å². The van der Waals surface area contributed by atoms with E-state index in [2.05, 4.69) is 36.7 Å². The third-order valence-corrected chi connectivity index (χ3v) is 4.82. The number of aryl methyl sites for hydroxylation is 1. The molecule has 140 valence electrons. The van der Waals surface area contributed by atoms with Gasteiger partial charge in [0.1, 0.15) is 11.6 Å². The van der Waals surface area contributed by atoms with Crippen LogP contribution < -0.4 is 4.90 Å². The molecule has 0 radical (unpaired) electrons. The van der Waals surface area contributed by atoms with Crippen molar-refractivity contribution in [3.63, 3.8) is 0 Å². The number of anilines is 1. The molecule has 0 unspecified atom stereocenters. The Kier molecular flexibility index (Phi) is 7.66. The van der Waals surface area contributed by atoms with Crippen LogP contribution in [0.5, 0.6) is 0 Å². The van der Waals surface area contributed by atoms with Gasteiger partial charge in [0.15, 0.2) is 0 Å². The number of piperazine rings is 1. The van der Waals surface area contributed by atoms with E-state index in [4.69, 9.17) is 4.98 Å². The van der Waals surface area contributed by atoms with E-state index in [0.29, 0.717) is 18.2 Å². The van der Waals surface area contributed by atoms with Crippen LogP contribution in [0.2, 0.25) is 0 Å². The fraction of sp³-hybridized carbons (Fsp3) is 0.750. The van der Waals surface area contributed by atoms with Crippen molar-refractivity contribution in [3.05, 3.63) is 17.6 Å².